The lowest BCUT2D eigenvalue weighted by Crippen LogP contribution is -2.57. The average molecular weight is 414 g/mol. The number of carbonyl (C=O) groups excluding carboxylic acids is 5. The highest BCUT2D eigenvalue weighted by Crippen LogP contribution is 2.08. The van der Waals surface area contributed by atoms with Gasteiger partial charge < -0.3 is 27.0 Å². The van der Waals surface area contributed by atoms with Crippen LogP contribution in [-0.4, -0.2) is 60.6 Å². The Hall–Kier alpha value is -2.49. The quantitative estimate of drug-likeness (QED) is 0.259. The Kier molecular flexibility index (Phi) is 11.8. The molecule has 4 atom stereocenters. The number of carbonyl (C=O) groups is 5. The molecule has 166 valence electrons. The molecule has 0 spiro atoms. The zero-order valence-corrected chi connectivity index (χ0v) is 18.1. The second kappa shape index (κ2) is 12.9. The van der Waals surface area contributed by atoms with Gasteiger partial charge in [0.1, 0.15) is 12.1 Å². The summed E-state index contributed by atoms with van der Waals surface area (Å²) in [4.78, 5) is 60.4. The number of hydrogen-bond acceptors (Lipinski definition) is 6. The van der Waals surface area contributed by atoms with E-state index in [-0.39, 0.29) is 18.1 Å². The van der Waals surface area contributed by atoms with Gasteiger partial charge in [0.25, 0.3) is 0 Å². The van der Waals surface area contributed by atoms with Gasteiger partial charge in [0, 0.05) is 6.42 Å². The summed E-state index contributed by atoms with van der Waals surface area (Å²) in [5.74, 6) is -2.48. The highest BCUT2D eigenvalue weighted by Gasteiger charge is 2.29. The fourth-order valence-electron chi connectivity index (χ4n) is 2.50. The maximum atomic E-state index is 12.6. The summed E-state index contributed by atoms with van der Waals surface area (Å²) in [5.41, 5.74) is 5.20. The van der Waals surface area contributed by atoms with Crippen molar-refractivity contribution < 1.29 is 24.0 Å². The molecule has 0 fully saturated rings. The fraction of sp³-hybridized carbons (Fsp3) is 0.737. The van der Waals surface area contributed by atoms with Crippen LogP contribution in [0.1, 0.15) is 53.9 Å². The van der Waals surface area contributed by atoms with Gasteiger partial charge in [-0.2, -0.15) is 0 Å². The predicted molar refractivity (Wildman–Crippen MR) is 109 cm³/mol. The summed E-state index contributed by atoms with van der Waals surface area (Å²) >= 11 is 0. The number of nitrogens with two attached hydrogens (primary N) is 1. The number of nitrogens with one attached hydrogen (secondary N) is 4. The van der Waals surface area contributed by atoms with Gasteiger partial charge in [-0.1, -0.05) is 20.8 Å². The van der Waals surface area contributed by atoms with E-state index in [0.717, 1.165) is 0 Å². The Balaban J connectivity index is 5.20. The maximum absolute atomic E-state index is 12.6. The maximum Gasteiger partial charge on any atom is 0.243 e. The molecule has 0 aliphatic rings. The Morgan fingerprint density at radius 3 is 1.76 bits per heavy atom. The van der Waals surface area contributed by atoms with Crippen molar-refractivity contribution in [2.24, 2.45) is 11.7 Å². The molecule has 0 aliphatic carbocycles. The first-order valence-corrected chi connectivity index (χ1v) is 9.82. The minimum atomic E-state index is -1.25. The third-order valence-electron chi connectivity index (χ3n) is 4.38. The molecular weight excluding hydrogens is 378 g/mol. The molecule has 0 aromatic heterocycles. The van der Waals surface area contributed by atoms with Gasteiger partial charge in [0.05, 0.1) is 18.5 Å². The number of Topliss-reactive ketones (excluding diaryl/α,β-unsaturated/α-hetero) is 1. The first-order valence-electron chi connectivity index (χ1n) is 9.82. The number of rotatable bonds is 13. The largest absolute Gasteiger partial charge is 0.370 e. The number of ketones is 1. The van der Waals surface area contributed by atoms with Crippen LogP contribution in [0, 0.1) is 5.92 Å². The highest BCUT2D eigenvalue weighted by molar-refractivity contribution is 5.96. The van der Waals surface area contributed by atoms with Gasteiger partial charge in [-0.3, -0.25) is 24.0 Å². The minimum absolute atomic E-state index is 0.141. The lowest BCUT2D eigenvalue weighted by Gasteiger charge is -2.24. The molecule has 10 nitrogen and oxygen atoms in total. The molecule has 0 rings (SSSR count). The predicted octanol–water partition coefficient (Wildman–Crippen LogP) is -1.03. The van der Waals surface area contributed by atoms with Gasteiger partial charge in [-0.25, -0.2) is 0 Å². The third kappa shape index (κ3) is 10.0. The van der Waals surface area contributed by atoms with Gasteiger partial charge in [0.15, 0.2) is 5.78 Å². The molecule has 0 aromatic rings. The highest BCUT2D eigenvalue weighted by atomic mass is 16.2. The van der Waals surface area contributed by atoms with Crippen molar-refractivity contribution in [3.05, 3.63) is 0 Å². The molecule has 10 heteroatoms. The second-order valence-corrected chi connectivity index (χ2v) is 7.48. The number of amides is 4. The summed E-state index contributed by atoms with van der Waals surface area (Å²) in [5, 5.41) is 10.3. The molecule has 0 saturated carbocycles. The molecule has 6 N–H and O–H groups in total. The van der Waals surface area contributed by atoms with Crippen LogP contribution in [0.5, 0.6) is 0 Å². The van der Waals surface area contributed by atoms with E-state index < -0.39 is 54.2 Å². The molecule has 0 aromatic carbocycles. The van der Waals surface area contributed by atoms with Crippen molar-refractivity contribution >= 4 is 29.4 Å². The van der Waals surface area contributed by atoms with E-state index >= 15 is 0 Å². The zero-order valence-electron chi connectivity index (χ0n) is 18.1. The monoisotopic (exact) mass is 413 g/mol. The number of likely N-dealkylation sites (N-methyl/N-ethyl adjacent to an activating group) is 1. The van der Waals surface area contributed by atoms with Crippen LogP contribution in [0.15, 0.2) is 0 Å². The van der Waals surface area contributed by atoms with Gasteiger partial charge >= 0.3 is 0 Å². The third-order valence-corrected chi connectivity index (χ3v) is 4.38. The molecule has 0 bridgehead atoms. The van der Waals surface area contributed by atoms with Crippen LogP contribution in [0.3, 0.4) is 0 Å². The molecule has 29 heavy (non-hydrogen) atoms. The van der Waals surface area contributed by atoms with E-state index in [1.54, 1.807) is 20.9 Å². The van der Waals surface area contributed by atoms with E-state index in [0.29, 0.717) is 6.42 Å². The molecule has 4 unspecified atom stereocenters. The van der Waals surface area contributed by atoms with Crippen LogP contribution in [-0.2, 0) is 24.0 Å². The summed E-state index contributed by atoms with van der Waals surface area (Å²) in [7, 11) is 1.60. The van der Waals surface area contributed by atoms with Crippen LogP contribution in [0.25, 0.3) is 0 Å². The first-order chi connectivity index (χ1) is 13.4. The van der Waals surface area contributed by atoms with E-state index in [1.165, 1.54) is 6.92 Å². The standard InChI is InChI=1S/C19H35N5O5/c1-7-15(25)13(8-10(2)3)23-19(29)14(9-16(20)26)24-18(28)12(5)22-17(27)11(4)21-6/h10-14,21H,7-9H2,1-6H3,(H2,20,26)(H,22,27)(H,23,29)(H,24,28). The second-order valence-electron chi connectivity index (χ2n) is 7.48. The van der Waals surface area contributed by atoms with E-state index in [1.807, 2.05) is 13.8 Å². The summed E-state index contributed by atoms with van der Waals surface area (Å²) in [6, 6.07) is -3.41. The Labute approximate surface area is 172 Å². The average Bonchev–Trinajstić information content (AvgIpc) is 2.64. The van der Waals surface area contributed by atoms with Crippen LogP contribution in [0.2, 0.25) is 0 Å². The van der Waals surface area contributed by atoms with Crippen molar-refractivity contribution in [3.63, 3.8) is 0 Å². The SMILES string of the molecule is CCC(=O)C(CC(C)C)NC(=O)C(CC(N)=O)NC(=O)C(C)NC(=O)C(C)NC. The molecule has 0 radical (unpaired) electrons. The fourth-order valence-corrected chi connectivity index (χ4v) is 2.50. The van der Waals surface area contributed by atoms with Crippen molar-refractivity contribution in [2.75, 3.05) is 7.05 Å². The molecule has 0 heterocycles. The van der Waals surface area contributed by atoms with Crippen molar-refractivity contribution in [2.45, 2.75) is 78.0 Å². The lowest BCUT2D eigenvalue weighted by atomic mass is 9.98. The topological polar surface area (TPSA) is 159 Å². The summed E-state index contributed by atoms with van der Waals surface area (Å²) < 4.78 is 0. The van der Waals surface area contributed by atoms with Gasteiger partial charge in [0.2, 0.25) is 23.6 Å². The van der Waals surface area contributed by atoms with Gasteiger partial charge in [-0.15, -0.1) is 0 Å². The summed E-state index contributed by atoms with van der Waals surface area (Å²) in [6.07, 6.45) is 0.251. The van der Waals surface area contributed by atoms with E-state index in [2.05, 4.69) is 21.3 Å². The first kappa shape index (κ1) is 26.5. The molecule has 0 aliphatic heterocycles. The Morgan fingerprint density at radius 1 is 0.793 bits per heavy atom. The zero-order chi connectivity index (χ0) is 22.7. The van der Waals surface area contributed by atoms with E-state index in [9.17, 15) is 24.0 Å². The van der Waals surface area contributed by atoms with Crippen LogP contribution < -0.4 is 27.0 Å². The summed E-state index contributed by atoms with van der Waals surface area (Å²) in [6.45, 7) is 8.61. The minimum Gasteiger partial charge on any atom is -0.370 e. The van der Waals surface area contributed by atoms with E-state index in [4.69, 9.17) is 5.73 Å². The Morgan fingerprint density at radius 2 is 1.31 bits per heavy atom. The molecule has 0 saturated heterocycles. The van der Waals surface area contributed by atoms with Crippen molar-refractivity contribution in [1.29, 1.82) is 0 Å². The van der Waals surface area contributed by atoms with Crippen LogP contribution in [0.4, 0.5) is 0 Å². The molecular formula is C19H35N5O5. The normalized spacial score (nSPS) is 15.0. The van der Waals surface area contributed by atoms with Crippen molar-refractivity contribution in [1.82, 2.24) is 21.3 Å². The number of hydrogen-bond donors (Lipinski definition) is 5. The van der Waals surface area contributed by atoms with Crippen molar-refractivity contribution in [3.8, 4) is 0 Å². The van der Waals surface area contributed by atoms with Gasteiger partial charge in [-0.05, 0) is 33.2 Å². The lowest BCUT2D eigenvalue weighted by molar-refractivity contribution is -0.134. The van der Waals surface area contributed by atoms with Crippen LogP contribution >= 0.6 is 0 Å². The molecule has 4 amide bonds. The Bertz CT molecular complexity index is 608. The smallest absolute Gasteiger partial charge is 0.243 e. The number of primary amides is 1.